The van der Waals surface area contributed by atoms with Crippen molar-refractivity contribution in [2.75, 3.05) is 5.73 Å². The lowest BCUT2D eigenvalue weighted by Gasteiger charge is -2.07. The lowest BCUT2D eigenvalue weighted by molar-refractivity contribution is 0.681. The number of nitrogens with zero attached hydrogens (tertiary/aromatic N) is 2. The predicted octanol–water partition coefficient (Wildman–Crippen LogP) is 3.13. The lowest BCUT2D eigenvalue weighted by atomic mass is 10.2. The second kappa shape index (κ2) is 4.36. The van der Waals surface area contributed by atoms with E-state index in [-0.39, 0.29) is 0 Å². The van der Waals surface area contributed by atoms with Gasteiger partial charge < -0.3 is 5.73 Å². The van der Waals surface area contributed by atoms with E-state index >= 15 is 0 Å². The largest absolute Gasteiger partial charge is 0.398 e. The number of aryl methyl sites for hydroxylation is 1. The predicted molar refractivity (Wildman–Crippen MR) is 66.9 cm³/mol. The summed E-state index contributed by atoms with van der Waals surface area (Å²) < 4.78 is 1.73. The second-order valence-corrected chi connectivity index (χ2v) is 4.38. The van der Waals surface area contributed by atoms with E-state index in [0.717, 1.165) is 11.3 Å². The molecular weight excluding hydrogens is 245 g/mol. The van der Waals surface area contributed by atoms with E-state index in [4.69, 9.17) is 28.9 Å². The van der Waals surface area contributed by atoms with Crippen LogP contribution >= 0.6 is 23.2 Å². The minimum atomic E-state index is 0.527. The summed E-state index contributed by atoms with van der Waals surface area (Å²) >= 11 is 12.0. The van der Waals surface area contributed by atoms with Gasteiger partial charge in [-0.2, -0.15) is 5.10 Å². The maximum absolute atomic E-state index is 6.07. The number of rotatable bonds is 2. The second-order valence-electron chi connectivity index (χ2n) is 3.57. The fourth-order valence-electron chi connectivity index (χ4n) is 1.48. The van der Waals surface area contributed by atoms with Crippen LogP contribution in [-0.4, -0.2) is 9.78 Å². The molecule has 0 aliphatic heterocycles. The molecule has 2 rings (SSSR count). The molecule has 1 aromatic carbocycles. The van der Waals surface area contributed by atoms with Crippen LogP contribution in [0.4, 0.5) is 5.69 Å². The minimum absolute atomic E-state index is 0.527. The van der Waals surface area contributed by atoms with Crippen LogP contribution in [0.15, 0.2) is 24.4 Å². The van der Waals surface area contributed by atoms with Gasteiger partial charge in [-0.1, -0.05) is 29.3 Å². The standard InChI is InChI=1S/C11H11Cl2N3/c1-7-10(13)6-16(15-7)5-8-9(12)3-2-4-11(8)14/h2-4,6H,5,14H2,1H3. The highest BCUT2D eigenvalue weighted by Crippen LogP contribution is 2.23. The molecule has 0 amide bonds. The number of anilines is 1. The van der Waals surface area contributed by atoms with Gasteiger partial charge in [-0.3, -0.25) is 4.68 Å². The zero-order valence-corrected chi connectivity index (χ0v) is 10.3. The van der Waals surface area contributed by atoms with E-state index in [0.29, 0.717) is 22.3 Å². The number of halogens is 2. The molecule has 0 unspecified atom stereocenters. The average molecular weight is 256 g/mol. The molecule has 84 valence electrons. The Morgan fingerprint density at radius 3 is 2.62 bits per heavy atom. The smallest absolute Gasteiger partial charge is 0.0815 e. The molecule has 0 aliphatic rings. The third kappa shape index (κ3) is 2.15. The summed E-state index contributed by atoms with van der Waals surface area (Å²) in [7, 11) is 0. The van der Waals surface area contributed by atoms with Crippen LogP contribution in [-0.2, 0) is 6.54 Å². The zero-order valence-electron chi connectivity index (χ0n) is 8.74. The van der Waals surface area contributed by atoms with Crippen molar-refractivity contribution in [3.05, 3.63) is 45.7 Å². The molecule has 0 saturated carbocycles. The molecule has 0 aliphatic carbocycles. The summed E-state index contributed by atoms with van der Waals surface area (Å²) in [5, 5.41) is 5.55. The van der Waals surface area contributed by atoms with Gasteiger partial charge >= 0.3 is 0 Å². The van der Waals surface area contributed by atoms with Crippen LogP contribution < -0.4 is 5.73 Å². The molecule has 0 bridgehead atoms. The molecule has 2 N–H and O–H groups in total. The van der Waals surface area contributed by atoms with Crippen molar-refractivity contribution in [1.29, 1.82) is 0 Å². The molecule has 5 heteroatoms. The van der Waals surface area contributed by atoms with Crippen LogP contribution in [0.5, 0.6) is 0 Å². The van der Waals surface area contributed by atoms with Crippen molar-refractivity contribution in [3.63, 3.8) is 0 Å². The van der Waals surface area contributed by atoms with E-state index in [9.17, 15) is 0 Å². The Morgan fingerprint density at radius 1 is 1.31 bits per heavy atom. The summed E-state index contributed by atoms with van der Waals surface area (Å²) in [4.78, 5) is 0. The van der Waals surface area contributed by atoms with E-state index in [1.807, 2.05) is 25.1 Å². The molecule has 0 saturated heterocycles. The monoisotopic (exact) mass is 255 g/mol. The summed E-state index contributed by atoms with van der Waals surface area (Å²) in [6.45, 7) is 2.38. The SMILES string of the molecule is Cc1nn(Cc2c(N)cccc2Cl)cc1Cl. The van der Waals surface area contributed by atoms with Crippen LogP contribution in [0.25, 0.3) is 0 Å². The van der Waals surface area contributed by atoms with Gasteiger partial charge in [0.15, 0.2) is 0 Å². The van der Waals surface area contributed by atoms with Crippen LogP contribution in [0.2, 0.25) is 10.0 Å². The van der Waals surface area contributed by atoms with Crippen molar-refractivity contribution in [3.8, 4) is 0 Å². The molecule has 1 heterocycles. The van der Waals surface area contributed by atoms with E-state index < -0.39 is 0 Å². The number of nitrogen functional groups attached to an aromatic ring is 1. The molecule has 0 atom stereocenters. The molecule has 3 nitrogen and oxygen atoms in total. The normalized spacial score (nSPS) is 10.7. The molecule has 1 aromatic heterocycles. The first-order chi connectivity index (χ1) is 7.58. The Labute approximate surface area is 104 Å². The van der Waals surface area contributed by atoms with Gasteiger partial charge in [0.05, 0.1) is 17.3 Å². The van der Waals surface area contributed by atoms with Gasteiger partial charge in [-0.05, 0) is 19.1 Å². The Kier molecular flexibility index (Phi) is 3.08. The van der Waals surface area contributed by atoms with Crippen LogP contribution in [0.1, 0.15) is 11.3 Å². The van der Waals surface area contributed by atoms with Crippen LogP contribution in [0, 0.1) is 6.92 Å². The van der Waals surface area contributed by atoms with Crippen molar-refractivity contribution in [2.45, 2.75) is 13.5 Å². The fourth-order valence-corrected chi connectivity index (χ4v) is 1.87. The zero-order chi connectivity index (χ0) is 11.7. The maximum Gasteiger partial charge on any atom is 0.0815 e. The third-order valence-electron chi connectivity index (χ3n) is 2.36. The molecule has 0 radical (unpaired) electrons. The minimum Gasteiger partial charge on any atom is -0.398 e. The highest BCUT2D eigenvalue weighted by atomic mass is 35.5. The summed E-state index contributed by atoms with van der Waals surface area (Å²) in [5.41, 5.74) is 8.18. The Morgan fingerprint density at radius 2 is 2.06 bits per heavy atom. The summed E-state index contributed by atoms with van der Waals surface area (Å²) in [6, 6.07) is 5.45. The molecule has 0 spiro atoms. The highest BCUT2D eigenvalue weighted by molar-refractivity contribution is 6.31. The average Bonchev–Trinajstić information content (AvgIpc) is 2.53. The quantitative estimate of drug-likeness (QED) is 0.839. The summed E-state index contributed by atoms with van der Waals surface area (Å²) in [6.07, 6.45) is 1.76. The molecule has 2 aromatic rings. The van der Waals surface area contributed by atoms with E-state index in [2.05, 4.69) is 5.10 Å². The van der Waals surface area contributed by atoms with Gasteiger partial charge in [-0.25, -0.2) is 0 Å². The highest BCUT2D eigenvalue weighted by Gasteiger charge is 2.07. The first-order valence-electron chi connectivity index (χ1n) is 4.80. The van der Waals surface area contributed by atoms with Crippen molar-refractivity contribution >= 4 is 28.9 Å². The van der Waals surface area contributed by atoms with Crippen molar-refractivity contribution < 1.29 is 0 Å². The molecule has 0 fully saturated rings. The van der Waals surface area contributed by atoms with Gasteiger partial charge in [0.25, 0.3) is 0 Å². The fraction of sp³-hybridized carbons (Fsp3) is 0.182. The lowest BCUT2D eigenvalue weighted by Crippen LogP contribution is -2.04. The molecular formula is C11H11Cl2N3. The number of hydrogen-bond donors (Lipinski definition) is 1. The Bertz CT molecular complexity index is 480. The summed E-state index contributed by atoms with van der Waals surface area (Å²) in [5.74, 6) is 0. The first kappa shape index (κ1) is 11.3. The Balaban J connectivity index is 2.33. The van der Waals surface area contributed by atoms with Crippen molar-refractivity contribution in [1.82, 2.24) is 9.78 Å². The van der Waals surface area contributed by atoms with Crippen LogP contribution in [0.3, 0.4) is 0 Å². The molecule has 16 heavy (non-hydrogen) atoms. The first-order valence-corrected chi connectivity index (χ1v) is 5.56. The van der Waals surface area contributed by atoms with Gasteiger partial charge in [0, 0.05) is 22.5 Å². The van der Waals surface area contributed by atoms with Gasteiger partial charge in [-0.15, -0.1) is 0 Å². The van der Waals surface area contributed by atoms with Gasteiger partial charge in [0.2, 0.25) is 0 Å². The van der Waals surface area contributed by atoms with Crippen molar-refractivity contribution in [2.24, 2.45) is 0 Å². The number of benzene rings is 1. The Hall–Kier alpha value is -1.19. The topological polar surface area (TPSA) is 43.8 Å². The third-order valence-corrected chi connectivity index (χ3v) is 3.09. The number of hydrogen-bond acceptors (Lipinski definition) is 2. The van der Waals surface area contributed by atoms with E-state index in [1.54, 1.807) is 10.9 Å². The maximum atomic E-state index is 6.07. The number of aromatic nitrogens is 2. The van der Waals surface area contributed by atoms with Gasteiger partial charge in [0.1, 0.15) is 0 Å². The van der Waals surface area contributed by atoms with E-state index in [1.165, 1.54) is 0 Å². The number of nitrogens with two attached hydrogens (primary N) is 1.